The Kier molecular flexibility index (Phi) is 3.46. The first-order valence-electron chi connectivity index (χ1n) is 7.62. The van der Waals surface area contributed by atoms with Crippen LogP contribution in [-0.4, -0.2) is 21.6 Å². The summed E-state index contributed by atoms with van der Waals surface area (Å²) in [4.78, 5) is 6.39. The Morgan fingerprint density at radius 1 is 0.917 bits per heavy atom. The van der Waals surface area contributed by atoms with Crippen molar-refractivity contribution in [1.82, 2.24) is 14.6 Å². The van der Waals surface area contributed by atoms with Crippen LogP contribution in [0, 0.1) is 5.82 Å². The summed E-state index contributed by atoms with van der Waals surface area (Å²) in [5.41, 5.74) is 3.50. The van der Waals surface area contributed by atoms with Gasteiger partial charge in [-0.05, 0) is 48.5 Å². The molecule has 0 aliphatic carbocycles. The lowest BCUT2D eigenvalue weighted by Crippen LogP contribution is -2.12. The number of hydrogen-bond acceptors (Lipinski definition) is 3. The molecule has 2 heterocycles. The lowest BCUT2D eigenvalue weighted by Gasteiger charge is -2.18. The van der Waals surface area contributed by atoms with Crippen molar-refractivity contribution in [3.63, 3.8) is 0 Å². The highest BCUT2D eigenvalue weighted by molar-refractivity contribution is 5.65. The zero-order valence-corrected chi connectivity index (χ0v) is 13.1. The van der Waals surface area contributed by atoms with Crippen LogP contribution in [0.3, 0.4) is 0 Å². The second kappa shape index (κ2) is 5.77. The standard InChI is InChI=1S/C19H15FN4/c1-23(16-5-3-2-4-6-16)19-12-11-18-21-13-17(24(18)22-19)14-7-9-15(20)10-8-14/h2-13H,1H3. The number of nitrogens with zero attached hydrogens (tertiary/aromatic N) is 4. The Labute approximate surface area is 138 Å². The van der Waals surface area contributed by atoms with E-state index < -0.39 is 0 Å². The molecule has 24 heavy (non-hydrogen) atoms. The van der Waals surface area contributed by atoms with Crippen molar-refractivity contribution in [1.29, 1.82) is 0 Å². The van der Waals surface area contributed by atoms with Crippen LogP contribution >= 0.6 is 0 Å². The Bertz CT molecular complexity index is 977. The van der Waals surface area contributed by atoms with Gasteiger partial charge in [-0.25, -0.2) is 13.9 Å². The third-order valence-electron chi connectivity index (χ3n) is 3.98. The third kappa shape index (κ3) is 2.50. The molecule has 0 atom stereocenters. The lowest BCUT2D eigenvalue weighted by atomic mass is 10.2. The molecule has 0 aliphatic rings. The molecule has 0 aliphatic heterocycles. The third-order valence-corrected chi connectivity index (χ3v) is 3.98. The molecule has 4 aromatic rings. The normalized spacial score (nSPS) is 10.9. The van der Waals surface area contributed by atoms with Crippen molar-refractivity contribution in [2.75, 3.05) is 11.9 Å². The van der Waals surface area contributed by atoms with E-state index in [0.717, 1.165) is 28.4 Å². The average molecular weight is 318 g/mol. The highest BCUT2D eigenvalue weighted by Gasteiger charge is 2.11. The SMILES string of the molecule is CN(c1ccccc1)c1ccc2ncc(-c3ccc(F)cc3)n2n1. The van der Waals surface area contributed by atoms with Gasteiger partial charge in [0.05, 0.1) is 11.9 Å². The van der Waals surface area contributed by atoms with Crippen LogP contribution in [0.4, 0.5) is 15.9 Å². The fraction of sp³-hybridized carbons (Fsp3) is 0.0526. The van der Waals surface area contributed by atoms with E-state index in [1.807, 2.05) is 54.4 Å². The monoisotopic (exact) mass is 318 g/mol. The highest BCUT2D eigenvalue weighted by Crippen LogP contribution is 2.24. The van der Waals surface area contributed by atoms with Crippen LogP contribution in [0.15, 0.2) is 72.9 Å². The van der Waals surface area contributed by atoms with Gasteiger partial charge in [0.25, 0.3) is 0 Å². The van der Waals surface area contributed by atoms with E-state index in [1.54, 1.807) is 22.8 Å². The zero-order valence-electron chi connectivity index (χ0n) is 13.1. The van der Waals surface area contributed by atoms with Gasteiger partial charge in [0, 0.05) is 18.3 Å². The molecule has 4 rings (SSSR count). The van der Waals surface area contributed by atoms with Crippen molar-refractivity contribution in [2.45, 2.75) is 0 Å². The maximum absolute atomic E-state index is 13.2. The predicted molar refractivity (Wildman–Crippen MR) is 92.9 cm³/mol. The summed E-state index contributed by atoms with van der Waals surface area (Å²) in [5.74, 6) is 0.542. The van der Waals surface area contributed by atoms with Gasteiger partial charge in [0.15, 0.2) is 11.5 Å². The minimum absolute atomic E-state index is 0.259. The summed E-state index contributed by atoms with van der Waals surface area (Å²) in [6, 6.07) is 20.2. The smallest absolute Gasteiger partial charge is 0.154 e. The number of benzene rings is 2. The molecule has 0 unspecified atom stereocenters. The van der Waals surface area contributed by atoms with Crippen molar-refractivity contribution in [3.8, 4) is 11.3 Å². The van der Waals surface area contributed by atoms with E-state index in [2.05, 4.69) is 4.98 Å². The summed E-state index contributed by atoms with van der Waals surface area (Å²) >= 11 is 0. The molecule has 0 amide bonds. The van der Waals surface area contributed by atoms with Gasteiger partial charge in [0.2, 0.25) is 0 Å². The maximum atomic E-state index is 13.2. The molecular formula is C19H15FN4. The quantitative estimate of drug-likeness (QED) is 0.564. The molecule has 0 saturated carbocycles. The maximum Gasteiger partial charge on any atom is 0.154 e. The lowest BCUT2D eigenvalue weighted by molar-refractivity contribution is 0.628. The number of fused-ring (bicyclic) bond motifs is 1. The number of imidazole rings is 1. The second-order valence-electron chi connectivity index (χ2n) is 5.51. The van der Waals surface area contributed by atoms with Crippen LogP contribution in [0.5, 0.6) is 0 Å². The van der Waals surface area contributed by atoms with Crippen molar-refractivity contribution < 1.29 is 4.39 Å². The van der Waals surface area contributed by atoms with Gasteiger partial charge < -0.3 is 4.90 Å². The summed E-state index contributed by atoms with van der Waals surface area (Å²) in [6.07, 6.45) is 1.75. The van der Waals surface area contributed by atoms with Gasteiger partial charge in [-0.15, -0.1) is 5.10 Å². The fourth-order valence-corrected chi connectivity index (χ4v) is 2.64. The fourth-order valence-electron chi connectivity index (χ4n) is 2.64. The van der Waals surface area contributed by atoms with E-state index in [9.17, 15) is 4.39 Å². The van der Waals surface area contributed by atoms with Gasteiger partial charge >= 0.3 is 0 Å². The predicted octanol–water partition coefficient (Wildman–Crippen LogP) is 4.30. The van der Waals surface area contributed by atoms with Gasteiger partial charge in [0.1, 0.15) is 5.82 Å². The van der Waals surface area contributed by atoms with Crippen molar-refractivity contribution >= 4 is 17.2 Å². The minimum Gasteiger partial charge on any atom is -0.328 e. The summed E-state index contributed by atoms with van der Waals surface area (Å²) in [5, 5.41) is 4.70. The first kappa shape index (κ1) is 14.4. The molecule has 5 heteroatoms. The zero-order chi connectivity index (χ0) is 16.5. The molecule has 4 nitrogen and oxygen atoms in total. The number of halogens is 1. The molecule has 2 aromatic heterocycles. The summed E-state index contributed by atoms with van der Waals surface area (Å²) in [7, 11) is 1.97. The van der Waals surface area contributed by atoms with Crippen LogP contribution < -0.4 is 4.90 Å². The van der Waals surface area contributed by atoms with Gasteiger partial charge in [-0.2, -0.15) is 0 Å². The van der Waals surface area contributed by atoms with E-state index in [-0.39, 0.29) is 5.82 Å². The first-order chi connectivity index (χ1) is 11.7. The molecule has 0 spiro atoms. The van der Waals surface area contributed by atoms with Crippen LogP contribution in [-0.2, 0) is 0 Å². The second-order valence-corrected chi connectivity index (χ2v) is 5.51. The highest BCUT2D eigenvalue weighted by atomic mass is 19.1. The minimum atomic E-state index is -0.259. The number of hydrogen-bond donors (Lipinski definition) is 0. The van der Waals surface area contributed by atoms with E-state index in [4.69, 9.17) is 5.10 Å². The van der Waals surface area contributed by atoms with Gasteiger partial charge in [-0.1, -0.05) is 18.2 Å². The summed E-state index contributed by atoms with van der Waals surface area (Å²) < 4.78 is 14.9. The Hall–Kier alpha value is -3.21. The number of rotatable bonds is 3. The Morgan fingerprint density at radius 2 is 1.67 bits per heavy atom. The van der Waals surface area contributed by atoms with E-state index >= 15 is 0 Å². The van der Waals surface area contributed by atoms with Crippen LogP contribution in [0.25, 0.3) is 16.9 Å². The number of para-hydroxylation sites is 1. The molecular weight excluding hydrogens is 303 g/mol. The molecule has 0 bridgehead atoms. The Balaban J connectivity index is 1.80. The Morgan fingerprint density at radius 3 is 2.42 bits per heavy atom. The number of anilines is 2. The van der Waals surface area contributed by atoms with Gasteiger partial charge in [-0.3, -0.25) is 0 Å². The topological polar surface area (TPSA) is 33.4 Å². The molecule has 118 valence electrons. The van der Waals surface area contributed by atoms with Crippen LogP contribution in [0.1, 0.15) is 0 Å². The van der Waals surface area contributed by atoms with Crippen molar-refractivity contribution in [3.05, 3.63) is 78.7 Å². The molecule has 0 radical (unpaired) electrons. The molecule has 0 fully saturated rings. The largest absolute Gasteiger partial charge is 0.328 e. The first-order valence-corrected chi connectivity index (χ1v) is 7.62. The number of aromatic nitrogens is 3. The average Bonchev–Trinajstić information content (AvgIpc) is 3.05. The molecule has 0 saturated heterocycles. The molecule has 2 aromatic carbocycles. The van der Waals surface area contributed by atoms with E-state index in [1.165, 1.54) is 12.1 Å². The summed E-state index contributed by atoms with van der Waals surface area (Å²) in [6.45, 7) is 0. The van der Waals surface area contributed by atoms with E-state index in [0.29, 0.717) is 0 Å². The molecule has 0 N–H and O–H groups in total. The van der Waals surface area contributed by atoms with Crippen molar-refractivity contribution in [2.24, 2.45) is 0 Å². The van der Waals surface area contributed by atoms with Crippen LogP contribution in [0.2, 0.25) is 0 Å².